The molecule has 2 fully saturated rings. The lowest BCUT2D eigenvalue weighted by atomic mass is 9.94. The van der Waals surface area contributed by atoms with Crippen LogP contribution in [0, 0.1) is 5.92 Å². The molecule has 2 aliphatic heterocycles. The summed E-state index contributed by atoms with van der Waals surface area (Å²) in [5.41, 5.74) is 2.64. The van der Waals surface area contributed by atoms with Gasteiger partial charge in [0.15, 0.2) is 0 Å². The van der Waals surface area contributed by atoms with Crippen molar-refractivity contribution in [3.05, 3.63) is 24.3 Å². The lowest BCUT2D eigenvalue weighted by Crippen LogP contribution is -2.48. The van der Waals surface area contributed by atoms with Crippen LogP contribution in [0.1, 0.15) is 27.2 Å². The third-order valence-electron chi connectivity index (χ3n) is 5.72. The first-order valence-electron chi connectivity index (χ1n) is 9.57. The molecular formula is C20H34N4. The molecule has 2 atom stereocenters. The second-order valence-electron chi connectivity index (χ2n) is 7.95. The van der Waals surface area contributed by atoms with E-state index in [-0.39, 0.29) is 0 Å². The van der Waals surface area contributed by atoms with Crippen LogP contribution in [0.3, 0.4) is 0 Å². The fourth-order valence-electron chi connectivity index (χ4n) is 4.07. The standard InChI is InChI=1S/C20H34N4/c1-16(2)23-10-12-24(13-11-23)19-7-5-6-18(14-19)21-20-8-9-22(4)15-17(20)3/h5-7,14,16-17,20-21H,8-13,15H2,1-4H3. The molecular weight excluding hydrogens is 296 g/mol. The maximum absolute atomic E-state index is 3.79. The Balaban J connectivity index is 1.60. The highest BCUT2D eigenvalue weighted by molar-refractivity contribution is 5.58. The number of rotatable bonds is 4. The lowest BCUT2D eigenvalue weighted by molar-refractivity contribution is 0.206. The molecule has 2 aliphatic rings. The molecule has 0 saturated carbocycles. The predicted molar refractivity (Wildman–Crippen MR) is 104 cm³/mol. The minimum Gasteiger partial charge on any atom is -0.382 e. The summed E-state index contributed by atoms with van der Waals surface area (Å²) in [5.74, 6) is 0.696. The third kappa shape index (κ3) is 4.22. The van der Waals surface area contributed by atoms with Crippen LogP contribution in [0.15, 0.2) is 24.3 Å². The van der Waals surface area contributed by atoms with Crippen LogP contribution in [0.2, 0.25) is 0 Å². The Labute approximate surface area is 147 Å². The number of piperazine rings is 1. The molecule has 4 heteroatoms. The second-order valence-corrected chi connectivity index (χ2v) is 7.95. The van der Waals surface area contributed by atoms with Crippen LogP contribution in [-0.2, 0) is 0 Å². The number of piperidine rings is 1. The van der Waals surface area contributed by atoms with E-state index in [0.717, 1.165) is 13.1 Å². The van der Waals surface area contributed by atoms with E-state index in [2.05, 4.69) is 72.1 Å². The Bertz CT molecular complexity index is 522. The Morgan fingerprint density at radius 2 is 1.83 bits per heavy atom. The van der Waals surface area contributed by atoms with Gasteiger partial charge in [0, 0.05) is 56.2 Å². The zero-order chi connectivity index (χ0) is 17.1. The van der Waals surface area contributed by atoms with Gasteiger partial charge in [-0.25, -0.2) is 0 Å². The fourth-order valence-corrected chi connectivity index (χ4v) is 4.07. The summed E-state index contributed by atoms with van der Waals surface area (Å²) in [5, 5.41) is 3.79. The van der Waals surface area contributed by atoms with E-state index >= 15 is 0 Å². The molecule has 24 heavy (non-hydrogen) atoms. The number of nitrogens with one attached hydrogen (secondary N) is 1. The number of hydrogen-bond donors (Lipinski definition) is 1. The van der Waals surface area contributed by atoms with Gasteiger partial charge in [-0.3, -0.25) is 4.90 Å². The zero-order valence-corrected chi connectivity index (χ0v) is 15.8. The number of benzene rings is 1. The van der Waals surface area contributed by atoms with E-state index in [1.54, 1.807) is 0 Å². The third-order valence-corrected chi connectivity index (χ3v) is 5.72. The van der Waals surface area contributed by atoms with Gasteiger partial charge in [0.1, 0.15) is 0 Å². The van der Waals surface area contributed by atoms with Crippen molar-refractivity contribution in [2.45, 2.75) is 39.3 Å². The van der Waals surface area contributed by atoms with E-state index < -0.39 is 0 Å². The van der Waals surface area contributed by atoms with E-state index in [0.29, 0.717) is 18.0 Å². The molecule has 1 aromatic rings. The molecule has 2 heterocycles. The molecule has 1 N–H and O–H groups in total. The summed E-state index contributed by atoms with van der Waals surface area (Å²) in [6.07, 6.45) is 1.23. The summed E-state index contributed by atoms with van der Waals surface area (Å²) in [6, 6.07) is 10.3. The average molecular weight is 331 g/mol. The van der Waals surface area contributed by atoms with Crippen molar-refractivity contribution in [1.29, 1.82) is 0 Å². The highest BCUT2D eigenvalue weighted by Crippen LogP contribution is 2.25. The molecule has 2 unspecified atom stereocenters. The monoisotopic (exact) mass is 330 g/mol. The number of nitrogens with zero attached hydrogens (tertiary/aromatic N) is 3. The molecule has 0 radical (unpaired) electrons. The molecule has 134 valence electrons. The summed E-state index contributed by atoms with van der Waals surface area (Å²) < 4.78 is 0. The molecule has 2 saturated heterocycles. The van der Waals surface area contributed by atoms with Crippen LogP contribution < -0.4 is 10.2 Å². The Morgan fingerprint density at radius 1 is 1.08 bits per heavy atom. The molecule has 0 amide bonds. The van der Waals surface area contributed by atoms with Gasteiger partial charge in [-0.05, 0) is 58.0 Å². The first kappa shape index (κ1) is 17.6. The number of anilines is 2. The highest BCUT2D eigenvalue weighted by Gasteiger charge is 2.24. The molecule has 4 nitrogen and oxygen atoms in total. The van der Waals surface area contributed by atoms with Gasteiger partial charge in [-0.1, -0.05) is 13.0 Å². The van der Waals surface area contributed by atoms with Crippen LogP contribution >= 0.6 is 0 Å². The second kappa shape index (κ2) is 7.75. The summed E-state index contributed by atoms with van der Waals surface area (Å²) in [7, 11) is 2.23. The Hall–Kier alpha value is -1.26. The summed E-state index contributed by atoms with van der Waals surface area (Å²) >= 11 is 0. The van der Waals surface area contributed by atoms with Crippen LogP contribution in [0.5, 0.6) is 0 Å². The zero-order valence-electron chi connectivity index (χ0n) is 15.8. The minimum absolute atomic E-state index is 0.592. The minimum atomic E-state index is 0.592. The van der Waals surface area contributed by atoms with E-state index in [1.165, 1.54) is 44.0 Å². The van der Waals surface area contributed by atoms with Gasteiger partial charge < -0.3 is 15.1 Å². The van der Waals surface area contributed by atoms with Gasteiger partial charge in [-0.2, -0.15) is 0 Å². The van der Waals surface area contributed by atoms with Crippen molar-refractivity contribution in [2.75, 3.05) is 56.5 Å². The fraction of sp³-hybridized carbons (Fsp3) is 0.700. The van der Waals surface area contributed by atoms with Gasteiger partial charge in [0.25, 0.3) is 0 Å². The summed E-state index contributed by atoms with van der Waals surface area (Å²) in [6.45, 7) is 13.9. The van der Waals surface area contributed by atoms with E-state index in [4.69, 9.17) is 0 Å². The maximum Gasteiger partial charge on any atom is 0.0387 e. The molecule has 0 aromatic heterocycles. The van der Waals surface area contributed by atoms with Crippen molar-refractivity contribution >= 4 is 11.4 Å². The Morgan fingerprint density at radius 3 is 2.50 bits per heavy atom. The van der Waals surface area contributed by atoms with Crippen molar-refractivity contribution in [2.24, 2.45) is 5.92 Å². The SMILES string of the molecule is CC1CN(C)CCC1Nc1cccc(N2CCN(C(C)C)CC2)c1. The van der Waals surface area contributed by atoms with Crippen LogP contribution in [0.4, 0.5) is 11.4 Å². The molecule has 3 rings (SSSR count). The van der Waals surface area contributed by atoms with Crippen molar-refractivity contribution in [3.63, 3.8) is 0 Å². The van der Waals surface area contributed by atoms with Crippen LogP contribution in [0.25, 0.3) is 0 Å². The number of likely N-dealkylation sites (tertiary alicyclic amines) is 1. The van der Waals surface area contributed by atoms with Crippen LogP contribution in [-0.4, -0.2) is 68.2 Å². The number of hydrogen-bond acceptors (Lipinski definition) is 4. The largest absolute Gasteiger partial charge is 0.382 e. The smallest absolute Gasteiger partial charge is 0.0387 e. The molecule has 0 spiro atoms. The molecule has 1 aromatic carbocycles. The van der Waals surface area contributed by atoms with Gasteiger partial charge in [0.2, 0.25) is 0 Å². The van der Waals surface area contributed by atoms with Crippen molar-refractivity contribution in [1.82, 2.24) is 9.80 Å². The van der Waals surface area contributed by atoms with E-state index in [1.807, 2.05) is 0 Å². The van der Waals surface area contributed by atoms with E-state index in [9.17, 15) is 0 Å². The molecule has 0 bridgehead atoms. The normalized spacial score (nSPS) is 26.8. The first-order valence-corrected chi connectivity index (χ1v) is 9.57. The van der Waals surface area contributed by atoms with Crippen molar-refractivity contribution in [3.8, 4) is 0 Å². The lowest BCUT2D eigenvalue weighted by Gasteiger charge is -2.38. The maximum atomic E-state index is 3.79. The average Bonchev–Trinajstić information content (AvgIpc) is 2.58. The van der Waals surface area contributed by atoms with Gasteiger partial charge >= 0.3 is 0 Å². The topological polar surface area (TPSA) is 21.8 Å². The first-order chi connectivity index (χ1) is 11.5. The molecule has 0 aliphatic carbocycles. The Kier molecular flexibility index (Phi) is 5.67. The van der Waals surface area contributed by atoms with Gasteiger partial charge in [-0.15, -0.1) is 0 Å². The van der Waals surface area contributed by atoms with Crippen molar-refractivity contribution < 1.29 is 0 Å². The van der Waals surface area contributed by atoms with Gasteiger partial charge in [0.05, 0.1) is 0 Å². The highest BCUT2D eigenvalue weighted by atomic mass is 15.3. The predicted octanol–water partition coefficient (Wildman–Crippen LogP) is 2.97. The quantitative estimate of drug-likeness (QED) is 0.916. The summed E-state index contributed by atoms with van der Waals surface area (Å²) in [4.78, 5) is 7.54.